The summed E-state index contributed by atoms with van der Waals surface area (Å²) in [5, 5.41) is 81.7. The molecular formula is C33H65N7O13. The molecule has 0 aromatic heterocycles. The van der Waals surface area contributed by atoms with Crippen molar-refractivity contribution in [1.29, 1.82) is 0 Å². The molecule has 20 nitrogen and oxygen atoms in total. The summed E-state index contributed by atoms with van der Waals surface area (Å²) in [6, 6.07) is -2.47. The Hall–Kier alpha value is -0.800. The molecule has 0 aromatic rings. The van der Waals surface area contributed by atoms with Crippen molar-refractivity contribution in [2.24, 2.45) is 34.6 Å². The summed E-state index contributed by atoms with van der Waals surface area (Å²) in [7, 11) is 0. The zero-order valence-electron chi connectivity index (χ0n) is 30.3. The Bertz CT molecular complexity index is 1100. The first kappa shape index (κ1) is 43.3. The summed E-state index contributed by atoms with van der Waals surface area (Å²) in [6.07, 6.45) is -12.5. The summed E-state index contributed by atoms with van der Waals surface area (Å²) >= 11 is 0. The lowest BCUT2D eigenvalue weighted by Gasteiger charge is -2.47. The molecule has 4 aliphatic heterocycles. The van der Waals surface area contributed by atoms with E-state index in [1.807, 2.05) is 0 Å². The van der Waals surface area contributed by atoms with Crippen LogP contribution in [0, 0.1) is 5.92 Å². The van der Waals surface area contributed by atoms with Crippen LogP contribution in [0.2, 0.25) is 0 Å². The van der Waals surface area contributed by atoms with Gasteiger partial charge in [-0.2, -0.15) is 0 Å². The van der Waals surface area contributed by atoms with Gasteiger partial charge in [-0.25, -0.2) is 0 Å². The highest BCUT2D eigenvalue weighted by atomic mass is 16.8. The van der Waals surface area contributed by atoms with E-state index in [1.165, 1.54) is 0 Å². The van der Waals surface area contributed by atoms with E-state index in [-0.39, 0.29) is 19.2 Å². The maximum atomic E-state index is 11.8. The van der Waals surface area contributed by atoms with Crippen LogP contribution >= 0.6 is 0 Å². The van der Waals surface area contributed by atoms with Crippen LogP contribution in [0.4, 0.5) is 0 Å². The highest BCUT2D eigenvalue weighted by Crippen LogP contribution is 2.37. The Morgan fingerprint density at radius 3 is 2.15 bits per heavy atom. The number of hydrogen-bond donors (Lipinski definition) is 14. The van der Waals surface area contributed by atoms with Gasteiger partial charge >= 0.3 is 0 Å². The average Bonchev–Trinajstić information content (AvgIpc) is 3.44. The summed E-state index contributed by atoms with van der Waals surface area (Å²) in [5.74, 6) is -0.455. The molecule has 0 spiro atoms. The molecule has 5 aliphatic rings. The van der Waals surface area contributed by atoms with Gasteiger partial charge in [0.2, 0.25) is 0 Å². The van der Waals surface area contributed by atoms with Gasteiger partial charge in [0.05, 0.1) is 42.6 Å². The number of piperidine rings is 1. The lowest BCUT2D eigenvalue weighted by Crippen LogP contribution is -2.64. The van der Waals surface area contributed by atoms with Crippen molar-refractivity contribution >= 4 is 0 Å². The molecule has 0 bridgehead atoms. The number of aliphatic hydroxyl groups excluding tert-OH is 6. The van der Waals surface area contributed by atoms with Crippen LogP contribution in [0.1, 0.15) is 44.9 Å². The first-order valence-corrected chi connectivity index (χ1v) is 19.0. The molecule has 5 fully saturated rings. The fourth-order valence-corrected chi connectivity index (χ4v) is 8.04. The smallest absolute Gasteiger partial charge is 0.187 e. The maximum Gasteiger partial charge on any atom is 0.187 e. The Morgan fingerprint density at radius 2 is 1.47 bits per heavy atom. The van der Waals surface area contributed by atoms with E-state index in [2.05, 4.69) is 10.6 Å². The van der Waals surface area contributed by atoms with Crippen molar-refractivity contribution in [2.75, 3.05) is 45.9 Å². The molecule has 19 N–H and O–H groups in total. The topological polar surface area (TPSA) is 351 Å². The first-order valence-electron chi connectivity index (χ1n) is 19.0. The van der Waals surface area contributed by atoms with Gasteiger partial charge in [-0.15, -0.1) is 0 Å². The molecule has 310 valence electrons. The minimum absolute atomic E-state index is 0.0480. The SMILES string of the molecule is NCC(O)CC[C@@H]1C[C@H](N)[C@@H](O[C@H]2O[C@H](CNCC3(O)CCNCC3)CC[C@H]2N)[C@H](O[C@@H]2O[C@H](CO)[C@@H](O[C@H]3O[C@@H](CN)[C@@H](O)[C@H](O)[C@H]3N)[C@H]2O)[C@H]1O. The van der Waals surface area contributed by atoms with Crippen molar-refractivity contribution in [3.8, 4) is 0 Å². The second-order valence-corrected chi connectivity index (χ2v) is 15.4. The van der Waals surface area contributed by atoms with E-state index >= 15 is 0 Å². The highest BCUT2D eigenvalue weighted by molar-refractivity contribution is 5.00. The number of ether oxygens (including phenoxy) is 6. The van der Waals surface area contributed by atoms with Crippen LogP contribution in [0.5, 0.6) is 0 Å². The predicted octanol–water partition coefficient (Wildman–Crippen LogP) is -6.70. The fourth-order valence-electron chi connectivity index (χ4n) is 8.04. The first-order chi connectivity index (χ1) is 25.3. The monoisotopic (exact) mass is 767 g/mol. The second-order valence-electron chi connectivity index (χ2n) is 15.4. The third-order valence-corrected chi connectivity index (χ3v) is 11.5. The lowest BCUT2D eigenvalue weighted by atomic mass is 9.77. The number of aliphatic hydroxyl groups is 7. The van der Waals surface area contributed by atoms with Crippen LogP contribution in [-0.4, -0.2) is 191 Å². The van der Waals surface area contributed by atoms with E-state index < -0.39 is 116 Å². The zero-order chi connectivity index (χ0) is 38.4. The number of nitrogens with two attached hydrogens (primary N) is 5. The standard InChI is InChI=1S/C33H65N7O13/c34-10-16(42)2-1-15-9-19(37)27(51-30-18(36)4-3-17(48-30)12-40-14-33(47)5-7-39-8-6-33)29(23(15)43)53-32-26(46)28(21(13-41)50-32)52-31-22(38)25(45)24(44)20(11-35)49-31/h15-32,39-47H,1-14,34-38H2/t15-,16?,17+,18-,19+,20+,21-,22-,23+,24-,25-,26-,27-,28-,29-,30-,31-,32+/m1/s1. The largest absolute Gasteiger partial charge is 0.394 e. The quantitative estimate of drug-likeness (QED) is 0.0694. The molecule has 1 saturated carbocycles. The van der Waals surface area contributed by atoms with Crippen LogP contribution in [-0.2, 0) is 28.4 Å². The van der Waals surface area contributed by atoms with Crippen LogP contribution in [0.3, 0.4) is 0 Å². The Labute approximate surface area is 309 Å². The molecule has 18 atom stereocenters. The Morgan fingerprint density at radius 1 is 0.792 bits per heavy atom. The van der Waals surface area contributed by atoms with Gasteiger partial charge in [0.25, 0.3) is 0 Å². The van der Waals surface area contributed by atoms with Gasteiger partial charge in [-0.1, -0.05) is 0 Å². The van der Waals surface area contributed by atoms with E-state index in [4.69, 9.17) is 57.1 Å². The van der Waals surface area contributed by atoms with Crippen LogP contribution in [0.15, 0.2) is 0 Å². The van der Waals surface area contributed by atoms with Crippen LogP contribution < -0.4 is 39.3 Å². The third-order valence-electron chi connectivity index (χ3n) is 11.5. The molecule has 0 radical (unpaired) electrons. The minimum Gasteiger partial charge on any atom is -0.394 e. The van der Waals surface area contributed by atoms with Crippen molar-refractivity contribution < 1.29 is 64.2 Å². The van der Waals surface area contributed by atoms with E-state index in [9.17, 15) is 35.7 Å². The molecule has 4 saturated heterocycles. The van der Waals surface area contributed by atoms with Gasteiger partial charge in [0, 0.05) is 32.2 Å². The summed E-state index contributed by atoms with van der Waals surface area (Å²) < 4.78 is 36.6. The maximum absolute atomic E-state index is 11.8. The molecule has 4 heterocycles. The second kappa shape index (κ2) is 19.6. The van der Waals surface area contributed by atoms with Gasteiger partial charge in [-0.3, -0.25) is 0 Å². The summed E-state index contributed by atoms with van der Waals surface area (Å²) in [6.45, 7) is 1.65. The summed E-state index contributed by atoms with van der Waals surface area (Å²) in [5.41, 5.74) is 29.8. The lowest BCUT2D eigenvalue weighted by molar-refractivity contribution is -0.293. The molecule has 0 aromatic carbocycles. The number of nitrogens with one attached hydrogen (secondary N) is 2. The number of rotatable bonds is 16. The average molecular weight is 768 g/mol. The molecule has 0 amide bonds. The van der Waals surface area contributed by atoms with Crippen molar-refractivity contribution in [3.63, 3.8) is 0 Å². The normalized spacial score (nSPS) is 45.6. The van der Waals surface area contributed by atoms with Crippen LogP contribution in [0.25, 0.3) is 0 Å². The summed E-state index contributed by atoms with van der Waals surface area (Å²) in [4.78, 5) is 0. The van der Waals surface area contributed by atoms with E-state index in [0.29, 0.717) is 58.0 Å². The molecule has 5 rings (SSSR count). The van der Waals surface area contributed by atoms with Crippen molar-refractivity contribution in [3.05, 3.63) is 0 Å². The van der Waals surface area contributed by atoms with E-state index in [1.54, 1.807) is 0 Å². The van der Waals surface area contributed by atoms with E-state index in [0.717, 1.165) is 13.1 Å². The zero-order valence-corrected chi connectivity index (χ0v) is 30.3. The molecule has 1 unspecified atom stereocenters. The minimum atomic E-state index is -1.56. The predicted molar refractivity (Wildman–Crippen MR) is 186 cm³/mol. The van der Waals surface area contributed by atoms with Crippen molar-refractivity contribution in [1.82, 2.24) is 10.6 Å². The van der Waals surface area contributed by atoms with Crippen molar-refractivity contribution in [2.45, 2.75) is 155 Å². The van der Waals surface area contributed by atoms with Gasteiger partial charge in [0.1, 0.15) is 48.8 Å². The third kappa shape index (κ3) is 10.6. The molecule has 20 heteroatoms. The highest BCUT2D eigenvalue weighted by Gasteiger charge is 2.54. The Kier molecular flexibility index (Phi) is 16.0. The molecule has 1 aliphatic carbocycles. The molecule has 53 heavy (non-hydrogen) atoms. The fraction of sp³-hybridized carbons (Fsp3) is 1.00. The van der Waals surface area contributed by atoms with Gasteiger partial charge in [0.15, 0.2) is 18.9 Å². The van der Waals surface area contributed by atoms with Gasteiger partial charge in [-0.05, 0) is 64.0 Å². The molecular weight excluding hydrogens is 702 g/mol. The number of hydrogen-bond acceptors (Lipinski definition) is 20. The van der Waals surface area contributed by atoms with Gasteiger partial charge < -0.3 is 103 Å². The Balaban J connectivity index is 1.28.